The van der Waals surface area contributed by atoms with Gasteiger partial charge in [-0.25, -0.2) is 0 Å². The Hall–Kier alpha value is -3.48. The summed E-state index contributed by atoms with van der Waals surface area (Å²) < 4.78 is 23.2. The normalized spacial score (nSPS) is 10.5. The topological polar surface area (TPSA) is 71.8 Å². The summed E-state index contributed by atoms with van der Waals surface area (Å²) in [5, 5.41) is 4.30. The maximum Gasteiger partial charge on any atom is 0.244 e. The summed E-state index contributed by atoms with van der Waals surface area (Å²) in [6, 6.07) is 11.1. The van der Waals surface area contributed by atoms with Crippen LogP contribution in [0.15, 0.2) is 42.6 Å². The molecule has 2 aromatic carbocycles. The van der Waals surface area contributed by atoms with E-state index in [1.165, 1.54) is 11.6 Å². The van der Waals surface area contributed by atoms with E-state index < -0.39 is 0 Å². The minimum absolute atomic E-state index is 0.209. The van der Waals surface area contributed by atoms with E-state index in [2.05, 4.69) is 5.10 Å². The fraction of sp³-hybridized carbons (Fsp3) is 0.238. The number of rotatable bonds is 6. The summed E-state index contributed by atoms with van der Waals surface area (Å²) in [4.78, 5) is 12.2. The molecule has 7 heteroatoms. The highest BCUT2D eigenvalue weighted by Gasteiger charge is 2.22. The Balaban J connectivity index is 2.31. The zero-order chi connectivity index (χ0) is 20.3. The van der Waals surface area contributed by atoms with Crippen LogP contribution in [0.4, 0.5) is 0 Å². The standard InChI is InChI=1S/C21H22N2O5/c1-13(24)23-20(15-8-6-7-9-17(15)25-2)16(12-22-23)14-10-18(26-3)21(28-5)19(11-14)27-4/h6-12H,1-5H3. The van der Waals surface area contributed by atoms with Crippen molar-refractivity contribution < 1.29 is 23.7 Å². The molecule has 1 aromatic heterocycles. The molecule has 0 amide bonds. The molecule has 0 saturated heterocycles. The number of aromatic nitrogens is 2. The maximum absolute atomic E-state index is 12.2. The lowest BCUT2D eigenvalue weighted by Crippen LogP contribution is -2.09. The van der Waals surface area contributed by atoms with Gasteiger partial charge in [-0.2, -0.15) is 9.78 Å². The number of carbonyl (C=O) groups excluding carboxylic acids is 1. The van der Waals surface area contributed by atoms with Gasteiger partial charge in [-0.1, -0.05) is 12.1 Å². The quantitative estimate of drug-likeness (QED) is 0.644. The summed E-state index contributed by atoms with van der Waals surface area (Å²) in [6.45, 7) is 1.46. The van der Waals surface area contributed by atoms with E-state index in [0.717, 1.165) is 16.7 Å². The predicted octanol–water partition coefficient (Wildman–Crippen LogP) is 3.91. The molecule has 3 rings (SSSR count). The van der Waals surface area contributed by atoms with Crippen LogP contribution >= 0.6 is 0 Å². The second-order valence-corrected chi connectivity index (χ2v) is 5.95. The summed E-state index contributed by atoms with van der Waals surface area (Å²) in [6.07, 6.45) is 1.64. The Bertz CT molecular complexity index is 985. The Morgan fingerprint density at radius 3 is 2.00 bits per heavy atom. The SMILES string of the molecule is COc1ccccc1-c1c(-c2cc(OC)c(OC)c(OC)c2)cnn1C(C)=O. The molecule has 0 spiro atoms. The van der Waals surface area contributed by atoms with Crippen LogP contribution < -0.4 is 18.9 Å². The van der Waals surface area contributed by atoms with Crippen LogP contribution in [0.25, 0.3) is 22.4 Å². The average molecular weight is 382 g/mol. The minimum Gasteiger partial charge on any atom is -0.496 e. The van der Waals surface area contributed by atoms with Crippen molar-refractivity contribution in [2.24, 2.45) is 0 Å². The van der Waals surface area contributed by atoms with Gasteiger partial charge < -0.3 is 18.9 Å². The molecule has 0 aliphatic carbocycles. The van der Waals surface area contributed by atoms with Crippen LogP contribution in [0.1, 0.15) is 11.7 Å². The predicted molar refractivity (Wildman–Crippen MR) is 106 cm³/mol. The van der Waals surface area contributed by atoms with Gasteiger partial charge in [0.25, 0.3) is 0 Å². The molecule has 0 saturated carbocycles. The van der Waals surface area contributed by atoms with Gasteiger partial charge in [-0.05, 0) is 29.8 Å². The number of hydrogen-bond acceptors (Lipinski definition) is 6. The van der Waals surface area contributed by atoms with Crippen LogP contribution in [-0.4, -0.2) is 44.1 Å². The third-order valence-electron chi connectivity index (χ3n) is 4.41. The lowest BCUT2D eigenvalue weighted by Gasteiger charge is -2.15. The molecule has 28 heavy (non-hydrogen) atoms. The van der Waals surface area contributed by atoms with Crippen LogP contribution in [0.2, 0.25) is 0 Å². The number of methoxy groups -OCH3 is 4. The van der Waals surface area contributed by atoms with Gasteiger partial charge in [0.15, 0.2) is 11.5 Å². The summed E-state index contributed by atoms with van der Waals surface area (Å²) in [5.74, 6) is 1.95. The molecule has 3 aromatic rings. The molecule has 0 aliphatic rings. The first kappa shape index (κ1) is 19.3. The Labute approximate surface area is 163 Å². The van der Waals surface area contributed by atoms with Crippen LogP contribution in [-0.2, 0) is 0 Å². The van der Waals surface area contributed by atoms with Gasteiger partial charge in [0, 0.05) is 18.1 Å². The van der Waals surface area contributed by atoms with Crippen molar-refractivity contribution >= 4 is 5.91 Å². The molecule has 0 radical (unpaired) electrons. The highest BCUT2D eigenvalue weighted by Crippen LogP contribution is 2.44. The smallest absolute Gasteiger partial charge is 0.244 e. The lowest BCUT2D eigenvalue weighted by molar-refractivity contribution is 0.0923. The fourth-order valence-corrected chi connectivity index (χ4v) is 3.13. The third kappa shape index (κ3) is 3.26. The van der Waals surface area contributed by atoms with Crippen molar-refractivity contribution in [3.63, 3.8) is 0 Å². The van der Waals surface area contributed by atoms with Crippen molar-refractivity contribution in [1.29, 1.82) is 0 Å². The van der Waals surface area contributed by atoms with E-state index in [9.17, 15) is 4.79 Å². The first-order chi connectivity index (χ1) is 13.5. The number of carbonyl (C=O) groups is 1. The Morgan fingerprint density at radius 2 is 1.46 bits per heavy atom. The zero-order valence-corrected chi connectivity index (χ0v) is 16.5. The van der Waals surface area contributed by atoms with Gasteiger partial charge in [0.2, 0.25) is 11.7 Å². The van der Waals surface area contributed by atoms with E-state index in [4.69, 9.17) is 18.9 Å². The van der Waals surface area contributed by atoms with Crippen molar-refractivity contribution in [3.05, 3.63) is 42.6 Å². The zero-order valence-electron chi connectivity index (χ0n) is 16.5. The van der Waals surface area contributed by atoms with E-state index >= 15 is 0 Å². The van der Waals surface area contributed by atoms with E-state index in [-0.39, 0.29) is 5.91 Å². The number of ether oxygens (including phenoxy) is 4. The molecular formula is C21H22N2O5. The second-order valence-electron chi connectivity index (χ2n) is 5.95. The highest BCUT2D eigenvalue weighted by molar-refractivity contribution is 5.91. The molecule has 1 heterocycles. The van der Waals surface area contributed by atoms with E-state index in [0.29, 0.717) is 28.7 Å². The Kier molecular flexibility index (Phi) is 5.54. The molecule has 0 N–H and O–H groups in total. The molecule has 0 bridgehead atoms. The summed E-state index contributed by atoms with van der Waals surface area (Å²) in [7, 11) is 6.25. The molecule has 0 atom stereocenters. The van der Waals surface area contributed by atoms with Crippen molar-refractivity contribution in [1.82, 2.24) is 9.78 Å². The number of nitrogens with zero attached hydrogens (tertiary/aromatic N) is 2. The first-order valence-electron chi connectivity index (χ1n) is 8.58. The van der Waals surface area contributed by atoms with E-state index in [1.54, 1.807) is 34.6 Å². The number of para-hydroxylation sites is 1. The van der Waals surface area contributed by atoms with Crippen LogP contribution in [0.5, 0.6) is 23.0 Å². The van der Waals surface area contributed by atoms with Gasteiger partial charge in [-0.3, -0.25) is 4.79 Å². The molecular weight excluding hydrogens is 360 g/mol. The first-order valence-corrected chi connectivity index (χ1v) is 8.58. The maximum atomic E-state index is 12.2. The highest BCUT2D eigenvalue weighted by atomic mass is 16.5. The van der Waals surface area contributed by atoms with Gasteiger partial charge in [-0.15, -0.1) is 0 Å². The fourth-order valence-electron chi connectivity index (χ4n) is 3.13. The largest absolute Gasteiger partial charge is 0.496 e. The molecule has 0 aliphatic heterocycles. The number of benzene rings is 2. The average Bonchev–Trinajstić information content (AvgIpc) is 3.17. The minimum atomic E-state index is -0.209. The molecule has 0 fully saturated rings. The molecule has 7 nitrogen and oxygen atoms in total. The van der Waals surface area contributed by atoms with Crippen molar-refractivity contribution in [2.75, 3.05) is 28.4 Å². The summed E-state index contributed by atoms with van der Waals surface area (Å²) in [5.41, 5.74) is 2.88. The lowest BCUT2D eigenvalue weighted by atomic mass is 10.00. The molecule has 146 valence electrons. The van der Waals surface area contributed by atoms with Gasteiger partial charge >= 0.3 is 0 Å². The van der Waals surface area contributed by atoms with Gasteiger partial charge in [0.1, 0.15) is 5.75 Å². The monoisotopic (exact) mass is 382 g/mol. The van der Waals surface area contributed by atoms with Crippen LogP contribution in [0, 0.1) is 0 Å². The summed E-state index contributed by atoms with van der Waals surface area (Å²) >= 11 is 0. The second kappa shape index (κ2) is 8.04. The Morgan fingerprint density at radius 1 is 0.857 bits per heavy atom. The van der Waals surface area contributed by atoms with Crippen LogP contribution in [0.3, 0.4) is 0 Å². The number of hydrogen-bond donors (Lipinski definition) is 0. The third-order valence-corrected chi connectivity index (χ3v) is 4.41. The van der Waals surface area contributed by atoms with Gasteiger partial charge in [0.05, 0.1) is 40.3 Å². The van der Waals surface area contributed by atoms with Crippen molar-refractivity contribution in [3.8, 4) is 45.4 Å². The van der Waals surface area contributed by atoms with Crippen molar-refractivity contribution in [2.45, 2.75) is 6.92 Å². The molecule has 0 unspecified atom stereocenters. The van der Waals surface area contributed by atoms with E-state index in [1.807, 2.05) is 36.4 Å².